The van der Waals surface area contributed by atoms with Gasteiger partial charge in [0.05, 0.1) is 51.0 Å². The van der Waals surface area contributed by atoms with Crippen molar-refractivity contribution in [3.8, 4) is 6.07 Å². The first-order chi connectivity index (χ1) is 32.3. The van der Waals surface area contributed by atoms with Crippen LogP contribution in [0.4, 0.5) is 16.2 Å². The number of H-pyrrole nitrogens is 1. The van der Waals surface area contributed by atoms with Crippen molar-refractivity contribution >= 4 is 62.0 Å². The molecule has 0 saturated carbocycles. The molecular formula is C40H50FN14O11PSi. The summed E-state index contributed by atoms with van der Waals surface area (Å²) >= 11 is 0. The Balaban J connectivity index is 1.20. The third-order valence-corrected chi connectivity index (χ3v) is 17.6. The molecule has 25 nitrogen and oxygen atoms in total. The van der Waals surface area contributed by atoms with Crippen molar-refractivity contribution in [1.82, 2.24) is 39.0 Å². The van der Waals surface area contributed by atoms with Crippen LogP contribution in [0.1, 0.15) is 63.9 Å². The van der Waals surface area contributed by atoms with E-state index >= 15 is 4.39 Å². The fraction of sp³-hybridized carbons (Fsp3) is 0.525. The standard InChI is InChI=1S/C40H50FN14O11PSi/c1-21(2)34(57)51-39-50-33-27(36(59)52-39)47-20-55(33)37-29(25(41)23(63-37)16-48-53-43)65-67(60,61-15-11-14-42)62-17-24-28(56)30(66-68(6,7)40(3,4)5)38(64-24)54-19-46-26-31(44-18-45-32(26)54)49-35(58)22-12-9-8-10-13-22/h8-10,12-13,18-21,23-25,28-30,37-38,56H,11,15-17H2,1-7H3,(H,44,45,49,58)(H2,50,51,52,57,59). The monoisotopic (exact) mass is 980 g/mol. The third kappa shape index (κ3) is 10.5. The summed E-state index contributed by atoms with van der Waals surface area (Å²) in [4.78, 5) is 65.3. The van der Waals surface area contributed by atoms with Gasteiger partial charge in [-0.2, -0.15) is 10.2 Å². The molecule has 0 radical (unpaired) electrons. The fourth-order valence-corrected chi connectivity index (χ4v) is 9.61. The van der Waals surface area contributed by atoms with Gasteiger partial charge >= 0.3 is 7.82 Å². The fourth-order valence-electron chi connectivity index (χ4n) is 6.97. The number of fused-ring (bicyclic) bond motifs is 2. The van der Waals surface area contributed by atoms with Crippen LogP contribution in [0.2, 0.25) is 18.1 Å². The lowest BCUT2D eigenvalue weighted by molar-refractivity contribution is -0.118. The van der Waals surface area contributed by atoms with E-state index in [1.54, 1.807) is 44.2 Å². The summed E-state index contributed by atoms with van der Waals surface area (Å²) in [7, 11) is -7.74. The van der Waals surface area contributed by atoms with E-state index in [0.29, 0.717) is 5.56 Å². The van der Waals surface area contributed by atoms with Gasteiger partial charge in [-0.3, -0.25) is 47.4 Å². The van der Waals surface area contributed by atoms with Crippen molar-refractivity contribution in [3.63, 3.8) is 0 Å². The van der Waals surface area contributed by atoms with Gasteiger partial charge in [0.25, 0.3) is 11.5 Å². The number of aromatic nitrogens is 8. The zero-order valence-electron chi connectivity index (χ0n) is 37.9. The number of hydrogen-bond acceptors (Lipinski definition) is 18. The largest absolute Gasteiger partial charge is 0.475 e. The number of ether oxygens (including phenoxy) is 2. The molecule has 362 valence electrons. The Morgan fingerprint density at radius 1 is 1.04 bits per heavy atom. The van der Waals surface area contributed by atoms with Gasteiger partial charge in [0, 0.05) is 16.4 Å². The van der Waals surface area contributed by atoms with Crippen molar-refractivity contribution in [3.05, 3.63) is 75.7 Å². The molecule has 2 saturated heterocycles. The molecule has 28 heteroatoms. The molecule has 4 aromatic heterocycles. The first-order valence-electron chi connectivity index (χ1n) is 21.3. The van der Waals surface area contributed by atoms with Crippen LogP contribution in [0.25, 0.3) is 32.8 Å². The molecule has 0 spiro atoms. The van der Waals surface area contributed by atoms with E-state index in [0.717, 1.165) is 10.9 Å². The number of anilines is 2. The summed E-state index contributed by atoms with van der Waals surface area (Å²) in [6.45, 7) is 11.4. The number of rotatable bonds is 18. The molecule has 9 unspecified atom stereocenters. The van der Waals surface area contributed by atoms with Gasteiger partial charge in [-0.05, 0) is 35.8 Å². The zero-order valence-corrected chi connectivity index (χ0v) is 39.8. The number of amides is 2. The van der Waals surface area contributed by atoms with E-state index < -0.39 is 108 Å². The first kappa shape index (κ1) is 49.9. The SMILES string of the molecule is CC(C)C(=O)Nc1nc2c(ncn2C2OC(CN=[N+]=[N-])C(F)C2OP(=O)(OCCC#N)OCC2OC(n3cnc4c(NC(=O)c5ccccc5)ncnc43)C(O[Si](C)(C)C(C)(C)C)C2O)c(=O)[nH]1. The number of carbonyl (C=O) groups is 2. The highest BCUT2D eigenvalue weighted by Gasteiger charge is 2.54. The average Bonchev–Trinajstić information content (AvgIpc) is 4.06. The highest BCUT2D eigenvalue weighted by atomic mass is 31.2. The molecule has 68 heavy (non-hydrogen) atoms. The number of nitrogens with one attached hydrogen (secondary N) is 3. The van der Waals surface area contributed by atoms with Crippen LogP contribution in [0.15, 0.2) is 59.2 Å². The summed E-state index contributed by atoms with van der Waals surface area (Å²) < 4.78 is 70.4. The summed E-state index contributed by atoms with van der Waals surface area (Å²) in [5, 5.41) is 29.7. The Labute approximate surface area is 388 Å². The number of aliphatic hydroxyl groups is 1. The van der Waals surface area contributed by atoms with Crippen LogP contribution in [0, 0.1) is 17.2 Å². The van der Waals surface area contributed by atoms with Crippen molar-refractivity contribution in [1.29, 1.82) is 5.26 Å². The lowest BCUT2D eigenvalue weighted by Crippen LogP contribution is -2.48. The number of halogens is 1. The number of azide groups is 1. The van der Waals surface area contributed by atoms with Crippen LogP contribution < -0.4 is 16.2 Å². The molecule has 5 aromatic rings. The number of alkyl halides is 1. The van der Waals surface area contributed by atoms with E-state index in [1.807, 2.05) is 39.9 Å². The topological polar surface area (TPSA) is 331 Å². The van der Waals surface area contributed by atoms with Crippen molar-refractivity contribution in [2.24, 2.45) is 11.0 Å². The second-order valence-corrected chi connectivity index (χ2v) is 24.0. The highest BCUT2D eigenvalue weighted by Crippen LogP contribution is 2.55. The highest BCUT2D eigenvalue weighted by molar-refractivity contribution is 7.48. The Morgan fingerprint density at radius 2 is 1.72 bits per heavy atom. The van der Waals surface area contributed by atoms with E-state index in [-0.39, 0.29) is 45.6 Å². The number of carbonyl (C=O) groups excluding carboxylic acids is 2. The second kappa shape index (κ2) is 20.3. The molecule has 9 atom stereocenters. The Morgan fingerprint density at radius 3 is 2.40 bits per heavy atom. The summed E-state index contributed by atoms with van der Waals surface area (Å²) in [6.07, 6.45) is -8.99. The maximum atomic E-state index is 16.6. The minimum atomic E-state index is -5.02. The van der Waals surface area contributed by atoms with Gasteiger partial charge in [0.2, 0.25) is 11.9 Å². The maximum absolute atomic E-state index is 16.6. The molecule has 4 N–H and O–H groups in total. The van der Waals surface area contributed by atoms with Crippen LogP contribution >= 0.6 is 7.82 Å². The maximum Gasteiger partial charge on any atom is 0.475 e. The molecule has 1 aromatic carbocycles. The van der Waals surface area contributed by atoms with Crippen LogP contribution in [0.3, 0.4) is 0 Å². The van der Waals surface area contributed by atoms with Gasteiger partial charge in [-0.1, -0.05) is 57.9 Å². The van der Waals surface area contributed by atoms with Crippen LogP contribution in [-0.2, 0) is 36.8 Å². The molecular weight excluding hydrogens is 931 g/mol. The number of nitrogens with zero attached hydrogens (tertiary/aromatic N) is 11. The Hall–Kier alpha value is -6.04. The molecule has 0 bridgehead atoms. The molecule has 0 aliphatic carbocycles. The summed E-state index contributed by atoms with van der Waals surface area (Å²) in [5.41, 5.74) is 8.62. The van der Waals surface area contributed by atoms with E-state index in [4.69, 9.17) is 33.0 Å². The quantitative estimate of drug-likeness (QED) is 0.0212. The van der Waals surface area contributed by atoms with E-state index in [9.17, 15) is 29.3 Å². The number of benzene rings is 1. The molecule has 2 fully saturated rings. The molecule has 6 heterocycles. The van der Waals surface area contributed by atoms with Gasteiger partial charge in [-0.25, -0.2) is 28.9 Å². The van der Waals surface area contributed by atoms with Crippen molar-refractivity contribution < 1.29 is 51.1 Å². The number of aliphatic hydroxyl groups excluding tert-OH is 1. The lowest BCUT2D eigenvalue weighted by atomic mass is 10.1. The van der Waals surface area contributed by atoms with Gasteiger partial charge in [0.1, 0.15) is 30.7 Å². The average molecular weight is 981 g/mol. The number of phosphoric acid groups is 1. The molecule has 7 rings (SSSR count). The summed E-state index contributed by atoms with van der Waals surface area (Å²) in [6, 6.07) is 10.3. The predicted octanol–water partition coefficient (Wildman–Crippen LogP) is 5.44. The normalized spacial score (nSPS) is 23.9. The molecule has 2 aliphatic heterocycles. The number of imidazole rings is 2. The van der Waals surface area contributed by atoms with Crippen LogP contribution in [-0.4, -0.2) is 121 Å². The van der Waals surface area contributed by atoms with Gasteiger partial charge in [-0.15, -0.1) is 0 Å². The van der Waals surface area contributed by atoms with Crippen LogP contribution in [0.5, 0.6) is 0 Å². The minimum absolute atomic E-state index is 0.0992. The molecule has 2 amide bonds. The molecule has 2 aliphatic rings. The predicted molar refractivity (Wildman–Crippen MR) is 241 cm³/mol. The zero-order chi connectivity index (χ0) is 49.1. The number of phosphoric ester groups is 1. The number of nitriles is 1. The summed E-state index contributed by atoms with van der Waals surface area (Å²) in [5.74, 6) is -1.57. The van der Waals surface area contributed by atoms with Crippen molar-refractivity contribution in [2.45, 2.75) is 108 Å². The Kier molecular flexibility index (Phi) is 14.9. The number of aromatic amines is 1. The van der Waals surface area contributed by atoms with Crippen molar-refractivity contribution in [2.75, 3.05) is 30.4 Å². The minimum Gasteiger partial charge on any atom is -0.407 e. The lowest BCUT2D eigenvalue weighted by Gasteiger charge is -2.40. The number of hydrogen-bond donors (Lipinski definition) is 4. The first-order valence-corrected chi connectivity index (χ1v) is 25.7. The Bertz CT molecular complexity index is 2850. The second-order valence-electron chi connectivity index (χ2n) is 17.6. The smallest absolute Gasteiger partial charge is 0.407 e. The van der Waals surface area contributed by atoms with E-state index in [1.165, 1.54) is 17.2 Å². The van der Waals surface area contributed by atoms with Gasteiger partial charge in [0.15, 0.2) is 55.1 Å². The third-order valence-electron chi connectivity index (χ3n) is 11.6. The van der Waals surface area contributed by atoms with Gasteiger partial charge < -0.3 is 24.3 Å². The van der Waals surface area contributed by atoms with E-state index in [2.05, 4.69) is 50.6 Å².